The first-order valence-electron chi connectivity index (χ1n) is 8.20. The predicted molar refractivity (Wildman–Crippen MR) is 104 cm³/mol. The van der Waals surface area contributed by atoms with E-state index in [0.29, 0.717) is 15.4 Å². The van der Waals surface area contributed by atoms with Crippen LogP contribution in [0.5, 0.6) is 0 Å². The number of hydrogen-bond donors (Lipinski definition) is 0. The summed E-state index contributed by atoms with van der Waals surface area (Å²) in [6, 6.07) is 11.6. The third-order valence-corrected chi connectivity index (χ3v) is 5.68. The lowest BCUT2D eigenvalue weighted by Gasteiger charge is -2.06. The van der Waals surface area contributed by atoms with Gasteiger partial charge in [0, 0.05) is 11.9 Å². The van der Waals surface area contributed by atoms with Crippen molar-refractivity contribution in [3.8, 4) is 11.3 Å². The highest BCUT2D eigenvalue weighted by molar-refractivity contribution is 7.09. The molecule has 1 aromatic heterocycles. The summed E-state index contributed by atoms with van der Waals surface area (Å²) in [5, 5.41) is 0.396. The first-order chi connectivity index (χ1) is 12.4. The van der Waals surface area contributed by atoms with E-state index in [2.05, 4.69) is 4.99 Å². The van der Waals surface area contributed by atoms with Gasteiger partial charge in [-0.25, -0.2) is 4.39 Å². The smallest absolute Gasteiger partial charge is 0.281 e. The molecule has 134 valence electrons. The Labute approximate surface area is 160 Å². The van der Waals surface area contributed by atoms with Crippen molar-refractivity contribution in [3.63, 3.8) is 0 Å². The molecule has 3 nitrogen and oxygen atoms in total. The SMILES string of the molecule is CCc1sc(=NC(=O)c2ccc(C)cc2Cl)n(C)c1-c1ccc(F)cc1. The number of amides is 1. The van der Waals surface area contributed by atoms with Crippen molar-refractivity contribution < 1.29 is 9.18 Å². The van der Waals surface area contributed by atoms with Crippen molar-refractivity contribution in [2.24, 2.45) is 12.0 Å². The molecular weight excluding hydrogens is 371 g/mol. The molecule has 0 bridgehead atoms. The number of benzene rings is 2. The third kappa shape index (κ3) is 3.64. The molecule has 3 aromatic rings. The summed E-state index contributed by atoms with van der Waals surface area (Å²) in [4.78, 5) is 18.5. The van der Waals surface area contributed by atoms with Crippen LogP contribution in [0.15, 0.2) is 47.5 Å². The summed E-state index contributed by atoms with van der Waals surface area (Å²) in [7, 11) is 1.86. The Kier molecular flexibility index (Phi) is 5.39. The van der Waals surface area contributed by atoms with Gasteiger partial charge in [-0.15, -0.1) is 11.3 Å². The van der Waals surface area contributed by atoms with Crippen LogP contribution in [0.25, 0.3) is 11.3 Å². The zero-order valence-corrected chi connectivity index (χ0v) is 16.3. The minimum absolute atomic E-state index is 0.279. The van der Waals surface area contributed by atoms with Crippen LogP contribution in [0.4, 0.5) is 4.39 Å². The van der Waals surface area contributed by atoms with Gasteiger partial charge in [-0.2, -0.15) is 4.99 Å². The van der Waals surface area contributed by atoms with Crippen molar-refractivity contribution >= 4 is 28.8 Å². The highest BCUT2D eigenvalue weighted by Crippen LogP contribution is 2.26. The van der Waals surface area contributed by atoms with Crippen molar-refractivity contribution in [3.05, 3.63) is 74.1 Å². The molecular formula is C20H18ClFN2OS. The van der Waals surface area contributed by atoms with E-state index < -0.39 is 0 Å². The van der Waals surface area contributed by atoms with Crippen LogP contribution in [0.1, 0.15) is 27.7 Å². The second kappa shape index (κ2) is 7.56. The molecule has 0 saturated carbocycles. The van der Waals surface area contributed by atoms with Gasteiger partial charge < -0.3 is 4.57 Å². The van der Waals surface area contributed by atoms with Crippen LogP contribution in [-0.2, 0) is 13.5 Å². The third-order valence-electron chi connectivity index (χ3n) is 4.09. The van der Waals surface area contributed by atoms with Gasteiger partial charge in [-0.05, 0) is 60.9 Å². The number of carbonyl (C=O) groups excluding carboxylic acids is 1. The van der Waals surface area contributed by atoms with E-state index in [-0.39, 0.29) is 11.7 Å². The van der Waals surface area contributed by atoms with Gasteiger partial charge in [-0.3, -0.25) is 4.79 Å². The van der Waals surface area contributed by atoms with Gasteiger partial charge in [0.15, 0.2) is 4.80 Å². The van der Waals surface area contributed by atoms with Gasteiger partial charge in [0.1, 0.15) is 5.82 Å². The van der Waals surface area contributed by atoms with Crippen LogP contribution >= 0.6 is 22.9 Å². The molecule has 0 fully saturated rings. The monoisotopic (exact) mass is 388 g/mol. The Morgan fingerprint density at radius 2 is 1.92 bits per heavy atom. The maximum absolute atomic E-state index is 13.2. The van der Waals surface area contributed by atoms with Crippen LogP contribution in [-0.4, -0.2) is 10.5 Å². The average molecular weight is 389 g/mol. The van der Waals surface area contributed by atoms with Crippen LogP contribution in [0, 0.1) is 12.7 Å². The molecule has 1 amide bonds. The molecule has 0 unspecified atom stereocenters. The highest BCUT2D eigenvalue weighted by atomic mass is 35.5. The van der Waals surface area contributed by atoms with Crippen molar-refractivity contribution in [2.75, 3.05) is 0 Å². The second-order valence-corrected chi connectivity index (χ2v) is 7.45. The molecule has 0 spiro atoms. The lowest BCUT2D eigenvalue weighted by molar-refractivity contribution is 0.0998. The van der Waals surface area contributed by atoms with E-state index in [4.69, 9.17) is 11.6 Å². The number of aryl methyl sites for hydroxylation is 2. The Balaban J connectivity index is 2.09. The molecule has 6 heteroatoms. The summed E-state index contributed by atoms with van der Waals surface area (Å²) in [5.41, 5.74) is 3.20. The molecule has 0 aliphatic rings. The molecule has 3 rings (SSSR count). The number of aromatic nitrogens is 1. The van der Waals surface area contributed by atoms with Crippen LogP contribution in [0.2, 0.25) is 5.02 Å². The van der Waals surface area contributed by atoms with Gasteiger partial charge in [0.05, 0.1) is 16.3 Å². The number of rotatable bonds is 3. The quantitative estimate of drug-likeness (QED) is 0.610. The number of hydrogen-bond acceptors (Lipinski definition) is 2. The minimum Gasteiger partial charge on any atom is -0.319 e. The highest BCUT2D eigenvalue weighted by Gasteiger charge is 2.14. The molecule has 0 radical (unpaired) electrons. The number of nitrogens with zero attached hydrogens (tertiary/aromatic N) is 2. The first-order valence-corrected chi connectivity index (χ1v) is 9.40. The molecule has 0 saturated heterocycles. The topological polar surface area (TPSA) is 34.4 Å². The lowest BCUT2D eigenvalue weighted by Crippen LogP contribution is -2.14. The zero-order valence-electron chi connectivity index (χ0n) is 14.7. The molecule has 0 atom stereocenters. The Hall–Kier alpha value is -2.24. The fourth-order valence-corrected chi connectivity index (χ4v) is 4.14. The molecule has 2 aromatic carbocycles. The zero-order chi connectivity index (χ0) is 18.8. The van der Waals surface area contributed by atoms with Crippen molar-refractivity contribution in [1.29, 1.82) is 0 Å². The number of carbonyl (C=O) groups is 1. The van der Waals surface area contributed by atoms with Crippen molar-refractivity contribution in [2.45, 2.75) is 20.3 Å². The summed E-state index contributed by atoms with van der Waals surface area (Å²) < 4.78 is 15.1. The largest absolute Gasteiger partial charge is 0.319 e. The van der Waals surface area contributed by atoms with E-state index in [1.165, 1.54) is 23.5 Å². The average Bonchev–Trinajstić information content (AvgIpc) is 2.91. The van der Waals surface area contributed by atoms with E-state index in [1.807, 2.05) is 31.5 Å². The number of halogens is 2. The van der Waals surface area contributed by atoms with E-state index in [0.717, 1.165) is 28.1 Å². The standard InChI is InChI=1S/C20H18ClFN2OS/c1-4-17-18(13-6-8-14(22)9-7-13)24(3)20(26-17)23-19(25)15-10-5-12(2)11-16(15)21/h5-11H,4H2,1-3H3. The molecule has 0 aliphatic carbocycles. The molecule has 0 N–H and O–H groups in total. The Morgan fingerprint density at radius 3 is 2.54 bits per heavy atom. The maximum Gasteiger partial charge on any atom is 0.281 e. The maximum atomic E-state index is 13.2. The Morgan fingerprint density at radius 1 is 1.23 bits per heavy atom. The van der Waals surface area contributed by atoms with Crippen LogP contribution < -0.4 is 4.80 Å². The van der Waals surface area contributed by atoms with Gasteiger partial charge >= 0.3 is 0 Å². The second-order valence-electron chi connectivity index (χ2n) is 5.98. The lowest BCUT2D eigenvalue weighted by atomic mass is 10.1. The minimum atomic E-state index is -0.375. The summed E-state index contributed by atoms with van der Waals surface area (Å²) in [5.74, 6) is -0.654. The molecule has 26 heavy (non-hydrogen) atoms. The normalized spacial score (nSPS) is 11.8. The molecule has 1 heterocycles. The first kappa shape index (κ1) is 18.5. The van der Waals surface area contributed by atoms with Gasteiger partial charge in [0.25, 0.3) is 5.91 Å². The van der Waals surface area contributed by atoms with E-state index in [1.54, 1.807) is 24.3 Å². The van der Waals surface area contributed by atoms with Crippen molar-refractivity contribution in [1.82, 2.24) is 4.57 Å². The van der Waals surface area contributed by atoms with Crippen LogP contribution in [0.3, 0.4) is 0 Å². The summed E-state index contributed by atoms with van der Waals surface area (Å²) in [6.45, 7) is 3.96. The summed E-state index contributed by atoms with van der Waals surface area (Å²) >= 11 is 7.64. The fourth-order valence-electron chi connectivity index (χ4n) is 2.75. The van der Waals surface area contributed by atoms with Gasteiger partial charge in [-0.1, -0.05) is 24.6 Å². The van der Waals surface area contributed by atoms with E-state index in [9.17, 15) is 9.18 Å². The number of thiazole rings is 1. The van der Waals surface area contributed by atoms with Gasteiger partial charge in [0.2, 0.25) is 0 Å². The summed E-state index contributed by atoms with van der Waals surface area (Å²) in [6.07, 6.45) is 0.792. The predicted octanol–water partition coefficient (Wildman–Crippen LogP) is 5.16. The Bertz CT molecular complexity index is 1030. The fraction of sp³-hybridized carbons (Fsp3) is 0.200. The van der Waals surface area contributed by atoms with E-state index >= 15 is 0 Å². The molecule has 0 aliphatic heterocycles.